The van der Waals surface area contributed by atoms with Crippen molar-refractivity contribution in [2.45, 2.75) is 0 Å². The summed E-state index contributed by atoms with van der Waals surface area (Å²) in [6.45, 7) is 0. The summed E-state index contributed by atoms with van der Waals surface area (Å²) in [6, 6.07) is 15.2. The first kappa shape index (κ1) is 12.4. The number of rotatable bonds is 1. The number of carbonyl (C=O) groups is 1. The van der Waals surface area contributed by atoms with Gasteiger partial charge in [-0.05, 0) is 17.2 Å². The zero-order chi connectivity index (χ0) is 14.6. The van der Waals surface area contributed by atoms with E-state index in [9.17, 15) is 4.79 Å². The monoisotopic (exact) mass is 294 g/mol. The average Bonchev–Trinajstić information content (AvgIpc) is 2.54. The van der Waals surface area contributed by atoms with Gasteiger partial charge in [0, 0.05) is 21.9 Å². The topological polar surface area (TPSA) is 26.3 Å². The molecule has 0 radical (unpaired) electrons. The maximum absolute atomic E-state index is 12.7. The minimum Gasteiger partial charge on any atom is -0.495 e. The third-order valence-electron chi connectivity index (χ3n) is 3.99. The van der Waals surface area contributed by atoms with Crippen molar-refractivity contribution in [2.24, 2.45) is 0 Å². The quantitative estimate of drug-likeness (QED) is 0.508. The zero-order valence-corrected chi connectivity index (χ0v) is 12.1. The van der Waals surface area contributed by atoms with Gasteiger partial charge >= 0.3 is 0 Å². The molecule has 0 heterocycles. The summed E-state index contributed by atoms with van der Waals surface area (Å²) in [4.78, 5) is 12.7. The minimum atomic E-state index is 0.0462. The van der Waals surface area contributed by atoms with Crippen molar-refractivity contribution in [2.75, 3.05) is 7.11 Å². The third kappa shape index (κ3) is 1.57. The summed E-state index contributed by atoms with van der Waals surface area (Å²) in [7, 11) is 1.60. The third-order valence-corrected chi connectivity index (χ3v) is 4.38. The molecule has 102 valence electrons. The Morgan fingerprint density at radius 3 is 2.38 bits per heavy atom. The molecular weight excluding hydrogens is 284 g/mol. The second kappa shape index (κ2) is 4.34. The van der Waals surface area contributed by atoms with Crippen molar-refractivity contribution in [1.29, 1.82) is 0 Å². The highest BCUT2D eigenvalue weighted by Crippen LogP contribution is 2.45. The van der Waals surface area contributed by atoms with Crippen LogP contribution in [-0.4, -0.2) is 12.9 Å². The first-order valence-corrected chi connectivity index (χ1v) is 7.03. The molecule has 0 amide bonds. The largest absolute Gasteiger partial charge is 0.495 e. The van der Waals surface area contributed by atoms with Crippen LogP contribution < -0.4 is 4.74 Å². The second-order valence-electron chi connectivity index (χ2n) is 5.04. The summed E-state index contributed by atoms with van der Waals surface area (Å²) in [5, 5.41) is 2.31. The van der Waals surface area contributed by atoms with E-state index >= 15 is 0 Å². The van der Waals surface area contributed by atoms with Gasteiger partial charge in [-0.15, -0.1) is 0 Å². The van der Waals surface area contributed by atoms with E-state index in [4.69, 9.17) is 16.3 Å². The summed E-state index contributed by atoms with van der Waals surface area (Å²) in [6.07, 6.45) is 0. The number of ketones is 1. The van der Waals surface area contributed by atoms with E-state index in [1.54, 1.807) is 7.11 Å². The number of carbonyl (C=O) groups excluding carboxylic acids is 1. The lowest BCUT2D eigenvalue weighted by Crippen LogP contribution is -2.10. The molecular formula is C18H11ClO2. The average molecular weight is 295 g/mol. The van der Waals surface area contributed by atoms with Crippen molar-refractivity contribution < 1.29 is 9.53 Å². The van der Waals surface area contributed by atoms with Crippen molar-refractivity contribution in [3.05, 3.63) is 64.7 Å². The highest BCUT2D eigenvalue weighted by atomic mass is 35.5. The van der Waals surface area contributed by atoms with Gasteiger partial charge in [0.1, 0.15) is 5.75 Å². The van der Waals surface area contributed by atoms with Crippen LogP contribution in [0.1, 0.15) is 15.9 Å². The van der Waals surface area contributed by atoms with E-state index in [2.05, 4.69) is 0 Å². The Balaban J connectivity index is 2.26. The lowest BCUT2D eigenvalue weighted by Gasteiger charge is -2.21. The Kier molecular flexibility index (Phi) is 2.57. The maximum atomic E-state index is 12.7. The number of methoxy groups -OCH3 is 1. The molecule has 1 aliphatic rings. The molecule has 0 saturated heterocycles. The Morgan fingerprint density at radius 1 is 0.905 bits per heavy atom. The number of halogens is 1. The van der Waals surface area contributed by atoms with Gasteiger partial charge < -0.3 is 4.74 Å². The van der Waals surface area contributed by atoms with Crippen LogP contribution in [-0.2, 0) is 0 Å². The molecule has 3 aromatic carbocycles. The van der Waals surface area contributed by atoms with Gasteiger partial charge in [-0.2, -0.15) is 0 Å². The van der Waals surface area contributed by atoms with Crippen molar-refractivity contribution >= 4 is 28.2 Å². The molecule has 0 bridgehead atoms. The summed E-state index contributed by atoms with van der Waals surface area (Å²) in [5.74, 6) is 0.672. The van der Waals surface area contributed by atoms with Crippen LogP contribution in [0.15, 0.2) is 48.5 Å². The van der Waals surface area contributed by atoms with Crippen LogP contribution >= 0.6 is 11.6 Å². The Hall–Kier alpha value is -2.32. The Labute approximate surface area is 126 Å². The molecule has 2 nitrogen and oxygen atoms in total. The smallest absolute Gasteiger partial charge is 0.194 e. The molecule has 1 aliphatic carbocycles. The molecule has 0 aromatic heterocycles. The van der Waals surface area contributed by atoms with E-state index in [-0.39, 0.29) is 5.78 Å². The van der Waals surface area contributed by atoms with Gasteiger partial charge in [-0.3, -0.25) is 4.79 Å². The normalized spacial score (nSPS) is 12.4. The van der Waals surface area contributed by atoms with Crippen molar-refractivity contribution in [3.8, 4) is 16.9 Å². The number of benzene rings is 3. The lowest BCUT2D eigenvalue weighted by molar-refractivity contribution is 0.104. The summed E-state index contributed by atoms with van der Waals surface area (Å²) < 4.78 is 5.38. The highest BCUT2D eigenvalue weighted by Gasteiger charge is 2.26. The van der Waals surface area contributed by atoms with Crippen LogP contribution in [0.3, 0.4) is 0 Å². The second-order valence-corrected chi connectivity index (χ2v) is 5.42. The molecule has 3 aromatic rings. The fraction of sp³-hybridized carbons (Fsp3) is 0.0556. The Bertz CT molecular complexity index is 912. The molecule has 3 heteroatoms. The molecule has 0 fully saturated rings. The SMILES string of the molecule is COc1cc2c3c(cccc3c1Cl)C(=O)c1ccccc1-2. The minimum absolute atomic E-state index is 0.0462. The Morgan fingerprint density at radius 2 is 1.62 bits per heavy atom. The standard InChI is InChI=1S/C18H11ClO2/c1-21-15-9-14-10-5-2-3-6-11(10)18(20)13-8-4-7-12(16(13)14)17(15)19/h2-9H,1H3. The van der Waals surface area contributed by atoms with E-state index in [0.29, 0.717) is 16.3 Å². The van der Waals surface area contributed by atoms with Gasteiger partial charge in [0.15, 0.2) is 5.78 Å². The van der Waals surface area contributed by atoms with E-state index in [0.717, 1.165) is 27.5 Å². The van der Waals surface area contributed by atoms with Crippen LogP contribution in [0.4, 0.5) is 0 Å². The molecule has 21 heavy (non-hydrogen) atoms. The van der Waals surface area contributed by atoms with E-state index in [1.165, 1.54) is 0 Å². The predicted octanol–water partition coefficient (Wildman–Crippen LogP) is 4.71. The molecule has 0 N–H and O–H groups in total. The molecule has 4 rings (SSSR count). The maximum Gasteiger partial charge on any atom is 0.194 e. The lowest BCUT2D eigenvalue weighted by atomic mass is 9.83. The fourth-order valence-electron chi connectivity index (χ4n) is 3.04. The fourth-order valence-corrected chi connectivity index (χ4v) is 3.33. The number of hydrogen-bond acceptors (Lipinski definition) is 2. The van der Waals surface area contributed by atoms with Crippen LogP contribution in [0, 0.1) is 0 Å². The van der Waals surface area contributed by atoms with Gasteiger partial charge in [-0.25, -0.2) is 0 Å². The van der Waals surface area contributed by atoms with Crippen molar-refractivity contribution in [3.63, 3.8) is 0 Å². The molecule has 0 atom stereocenters. The van der Waals surface area contributed by atoms with E-state index < -0.39 is 0 Å². The van der Waals surface area contributed by atoms with E-state index in [1.807, 2.05) is 48.5 Å². The van der Waals surface area contributed by atoms with Gasteiger partial charge in [0.2, 0.25) is 0 Å². The molecule has 0 saturated carbocycles. The molecule has 0 unspecified atom stereocenters. The van der Waals surface area contributed by atoms with Crippen molar-refractivity contribution in [1.82, 2.24) is 0 Å². The summed E-state index contributed by atoms with van der Waals surface area (Å²) >= 11 is 6.41. The zero-order valence-electron chi connectivity index (χ0n) is 11.3. The van der Waals surface area contributed by atoms with Gasteiger partial charge in [-0.1, -0.05) is 54.1 Å². The van der Waals surface area contributed by atoms with Crippen LogP contribution in [0.25, 0.3) is 21.9 Å². The first-order chi connectivity index (χ1) is 10.2. The predicted molar refractivity (Wildman–Crippen MR) is 84.4 cm³/mol. The van der Waals surface area contributed by atoms with Gasteiger partial charge in [0.05, 0.1) is 12.1 Å². The first-order valence-electron chi connectivity index (χ1n) is 6.65. The number of fused-ring (bicyclic) bond motifs is 2. The molecule has 0 spiro atoms. The van der Waals surface area contributed by atoms with Crippen LogP contribution in [0.2, 0.25) is 5.02 Å². The summed E-state index contributed by atoms with van der Waals surface area (Å²) in [5.41, 5.74) is 3.35. The van der Waals surface area contributed by atoms with Crippen LogP contribution in [0.5, 0.6) is 5.75 Å². The number of ether oxygens (including phenoxy) is 1. The van der Waals surface area contributed by atoms with Gasteiger partial charge in [0.25, 0.3) is 0 Å². The molecule has 0 aliphatic heterocycles. The number of hydrogen-bond donors (Lipinski definition) is 0. The highest BCUT2D eigenvalue weighted by molar-refractivity contribution is 6.39.